The Labute approximate surface area is 100 Å². The molecule has 0 unspecified atom stereocenters. The third kappa shape index (κ3) is 9.99. The first-order chi connectivity index (χ1) is 7.66. The fourth-order valence-electron chi connectivity index (χ4n) is 1.10. The number of carbonyl (C=O) groups excluding carboxylic acids is 1. The maximum absolute atomic E-state index is 13.2. The molecule has 0 aromatic carbocycles. The van der Waals surface area contributed by atoms with Gasteiger partial charge in [-0.3, -0.25) is 0 Å². The lowest BCUT2D eigenvalue weighted by Gasteiger charge is -2.21. The summed E-state index contributed by atoms with van der Waals surface area (Å²) in [5.41, 5.74) is -0.698. The van der Waals surface area contributed by atoms with Crippen molar-refractivity contribution >= 4 is 6.09 Å². The second kappa shape index (κ2) is 6.74. The highest BCUT2D eigenvalue weighted by Crippen LogP contribution is 2.20. The average molecular weight is 253 g/mol. The number of aliphatic hydroxyl groups is 1. The predicted molar refractivity (Wildman–Crippen MR) is 60.1 cm³/mol. The van der Waals surface area contributed by atoms with E-state index >= 15 is 0 Å². The van der Waals surface area contributed by atoms with E-state index in [1.165, 1.54) is 0 Å². The molecule has 0 aliphatic carbocycles. The summed E-state index contributed by atoms with van der Waals surface area (Å²) in [5, 5.41) is 10.5. The van der Waals surface area contributed by atoms with Crippen LogP contribution in [0.25, 0.3) is 0 Å². The van der Waals surface area contributed by atoms with Crippen LogP contribution in [0.2, 0.25) is 0 Å². The summed E-state index contributed by atoms with van der Waals surface area (Å²) >= 11 is 0. The molecule has 0 heterocycles. The van der Waals surface area contributed by atoms with E-state index in [0.29, 0.717) is 6.42 Å². The third-order valence-corrected chi connectivity index (χ3v) is 1.84. The molecule has 0 rings (SSSR count). The molecule has 0 fully saturated rings. The SMILES string of the molecule is CC(C)(C)OC(=O)NCC(F)(F)CCCCO. The molecule has 0 radical (unpaired) electrons. The summed E-state index contributed by atoms with van der Waals surface area (Å²) in [4.78, 5) is 11.1. The molecule has 6 heteroatoms. The molecule has 0 aliphatic heterocycles. The molecule has 0 aliphatic rings. The van der Waals surface area contributed by atoms with Gasteiger partial charge in [0.2, 0.25) is 0 Å². The topological polar surface area (TPSA) is 58.6 Å². The van der Waals surface area contributed by atoms with Crippen molar-refractivity contribution in [2.24, 2.45) is 0 Å². The molecule has 0 aromatic heterocycles. The lowest BCUT2D eigenvalue weighted by Crippen LogP contribution is -2.39. The second-order valence-corrected chi connectivity index (χ2v) is 4.89. The summed E-state index contributed by atoms with van der Waals surface area (Å²) in [6, 6.07) is 0. The van der Waals surface area contributed by atoms with Gasteiger partial charge < -0.3 is 15.2 Å². The molecule has 0 saturated carbocycles. The Morgan fingerprint density at radius 2 is 1.88 bits per heavy atom. The van der Waals surface area contributed by atoms with Gasteiger partial charge in [-0.25, -0.2) is 13.6 Å². The van der Waals surface area contributed by atoms with Crippen LogP contribution < -0.4 is 5.32 Å². The minimum absolute atomic E-state index is 0.102. The zero-order valence-electron chi connectivity index (χ0n) is 10.6. The van der Waals surface area contributed by atoms with E-state index in [2.05, 4.69) is 0 Å². The molecule has 4 nitrogen and oxygen atoms in total. The van der Waals surface area contributed by atoms with E-state index in [4.69, 9.17) is 9.84 Å². The predicted octanol–water partition coefficient (Wildman–Crippen LogP) is 2.31. The van der Waals surface area contributed by atoms with E-state index in [1.54, 1.807) is 20.8 Å². The van der Waals surface area contributed by atoms with Crippen LogP contribution in [0.4, 0.5) is 13.6 Å². The molecule has 0 spiro atoms. The first kappa shape index (κ1) is 16.1. The van der Waals surface area contributed by atoms with Gasteiger partial charge in [-0.15, -0.1) is 0 Å². The first-order valence-electron chi connectivity index (χ1n) is 5.62. The van der Waals surface area contributed by atoms with Crippen molar-refractivity contribution < 1.29 is 23.4 Å². The summed E-state index contributed by atoms with van der Waals surface area (Å²) in [5.74, 6) is -2.97. The van der Waals surface area contributed by atoms with Gasteiger partial charge in [0.25, 0.3) is 5.92 Å². The normalized spacial score (nSPS) is 12.4. The molecule has 0 aromatic rings. The van der Waals surface area contributed by atoms with Crippen molar-refractivity contribution in [3.63, 3.8) is 0 Å². The molecule has 17 heavy (non-hydrogen) atoms. The number of amides is 1. The monoisotopic (exact) mass is 253 g/mol. The standard InChI is InChI=1S/C11H21F2NO3/c1-10(2,3)17-9(16)14-8-11(12,13)6-4-5-7-15/h15H,4-8H2,1-3H3,(H,14,16). The quantitative estimate of drug-likeness (QED) is 0.714. The Morgan fingerprint density at radius 3 is 2.35 bits per heavy atom. The number of nitrogens with one attached hydrogen (secondary N) is 1. The van der Waals surface area contributed by atoms with Crippen LogP contribution in [0.15, 0.2) is 0 Å². The van der Waals surface area contributed by atoms with E-state index in [-0.39, 0.29) is 19.4 Å². The van der Waals surface area contributed by atoms with Crippen LogP contribution >= 0.6 is 0 Å². The van der Waals surface area contributed by atoms with Gasteiger partial charge in [0.15, 0.2) is 0 Å². The van der Waals surface area contributed by atoms with Crippen LogP contribution in [0.3, 0.4) is 0 Å². The van der Waals surface area contributed by atoms with Gasteiger partial charge >= 0.3 is 6.09 Å². The Hall–Kier alpha value is -0.910. The lowest BCUT2D eigenvalue weighted by molar-refractivity contribution is -0.0143. The van der Waals surface area contributed by atoms with Crippen LogP contribution in [0, 0.1) is 0 Å². The fraction of sp³-hybridized carbons (Fsp3) is 0.909. The zero-order valence-corrected chi connectivity index (χ0v) is 10.6. The van der Waals surface area contributed by atoms with Gasteiger partial charge in [0.1, 0.15) is 5.60 Å². The number of alkyl carbamates (subject to hydrolysis) is 1. The van der Waals surface area contributed by atoms with E-state index in [1.807, 2.05) is 5.32 Å². The number of alkyl halides is 2. The fourth-order valence-corrected chi connectivity index (χ4v) is 1.10. The Bertz CT molecular complexity index is 239. The van der Waals surface area contributed by atoms with E-state index < -0.39 is 24.2 Å². The van der Waals surface area contributed by atoms with Gasteiger partial charge in [-0.1, -0.05) is 0 Å². The third-order valence-electron chi connectivity index (χ3n) is 1.84. The van der Waals surface area contributed by atoms with Gasteiger partial charge in [-0.2, -0.15) is 0 Å². The van der Waals surface area contributed by atoms with Gasteiger partial charge in [-0.05, 0) is 33.6 Å². The molecule has 0 atom stereocenters. The number of hydrogen-bond donors (Lipinski definition) is 2. The molecule has 0 bridgehead atoms. The maximum Gasteiger partial charge on any atom is 0.407 e. The largest absolute Gasteiger partial charge is 0.444 e. The molecular weight excluding hydrogens is 232 g/mol. The summed E-state index contributed by atoms with van der Waals surface area (Å²) in [7, 11) is 0. The smallest absolute Gasteiger partial charge is 0.407 e. The molecule has 2 N–H and O–H groups in total. The van der Waals surface area contributed by atoms with Crippen LogP contribution in [-0.2, 0) is 4.74 Å². The number of hydrogen-bond acceptors (Lipinski definition) is 3. The minimum atomic E-state index is -2.97. The van der Waals surface area contributed by atoms with Crippen LogP contribution in [0.5, 0.6) is 0 Å². The minimum Gasteiger partial charge on any atom is -0.444 e. The first-order valence-corrected chi connectivity index (χ1v) is 5.62. The Balaban J connectivity index is 3.88. The highest BCUT2D eigenvalue weighted by molar-refractivity contribution is 5.67. The number of rotatable bonds is 6. The van der Waals surface area contributed by atoms with Gasteiger partial charge in [0.05, 0.1) is 6.54 Å². The molecule has 102 valence electrons. The zero-order chi connectivity index (χ0) is 13.5. The Kier molecular flexibility index (Phi) is 6.37. The summed E-state index contributed by atoms with van der Waals surface area (Å²) in [6.45, 7) is 4.13. The molecule has 1 amide bonds. The van der Waals surface area contributed by atoms with Crippen molar-refractivity contribution in [2.75, 3.05) is 13.2 Å². The highest BCUT2D eigenvalue weighted by atomic mass is 19.3. The molecule has 0 saturated heterocycles. The van der Waals surface area contributed by atoms with E-state index in [0.717, 1.165) is 0 Å². The van der Waals surface area contributed by atoms with Crippen molar-refractivity contribution in [1.29, 1.82) is 0 Å². The average Bonchev–Trinajstić information content (AvgIpc) is 2.13. The maximum atomic E-state index is 13.2. The van der Waals surface area contributed by atoms with Crippen LogP contribution in [-0.4, -0.2) is 35.9 Å². The number of halogens is 2. The molecular formula is C11H21F2NO3. The summed E-state index contributed by atoms with van der Waals surface area (Å²) < 4.78 is 31.2. The number of unbranched alkanes of at least 4 members (excludes halogenated alkanes) is 1. The van der Waals surface area contributed by atoms with Gasteiger partial charge in [0, 0.05) is 13.0 Å². The number of aliphatic hydroxyl groups excluding tert-OH is 1. The number of ether oxygens (including phenoxy) is 1. The summed E-state index contributed by atoms with van der Waals surface area (Å²) in [6.07, 6.45) is -0.649. The van der Waals surface area contributed by atoms with Crippen molar-refractivity contribution in [3.05, 3.63) is 0 Å². The van der Waals surface area contributed by atoms with Crippen molar-refractivity contribution in [3.8, 4) is 0 Å². The highest BCUT2D eigenvalue weighted by Gasteiger charge is 2.29. The van der Waals surface area contributed by atoms with Crippen molar-refractivity contribution in [2.45, 2.75) is 51.6 Å². The van der Waals surface area contributed by atoms with Crippen LogP contribution in [0.1, 0.15) is 40.0 Å². The second-order valence-electron chi connectivity index (χ2n) is 4.89. The van der Waals surface area contributed by atoms with E-state index in [9.17, 15) is 13.6 Å². The lowest BCUT2D eigenvalue weighted by atomic mass is 10.1. The Morgan fingerprint density at radius 1 is 1.29 bits per heavy atom. The number of carbonyl (C=O) groups is 1. The van der Waals surface area contributed by atoms with Crippen molar-refractivity contribution in [1.82, 2.24) is 5.32 Å².